The van der Waals surface area contributed by atoms with Crippen LogP contribution in [0.25, 0.3) is 0 Å². The number of aryl methyl sites for hydroxylation is 3. The summed E-state index contributed by atoms with van der Waals surface area (Å²) in [6.07, 6.45) is 0. The summed E-state index contributed by atoms with van der Waals surface area (Å²) >= 11 is 5.97. The second-order valence-corrected chi connectivity index (χ2v) is 8.67. The van der Waals surface area contributed by atoms with E-state index in [1.807, 2.05) is 37.6 Å². The second kappa shape index (κ2) is 8.29. The van der Waals surface area contributed by atoms with Crippen LogP contribution in [0.2, 0.25) is 5.15 Å². The van der Waals surface area contributed by atoms with Gasteiger partial charge < -0.3 is 10.5 Å². The molecule has 0 saturated heterocycles. The highest BCUT2D eigenvalue weighted by molar-refractivity contribution is 7.90. The maximum atomic E-state index is 12.8. The third kappa shape index (κ3) is 4.69. The average molecular weight is 447 g/mol. The number of carbonyl (C=O) groups is 1. The van der Waals surface area contributed by atoms with Crippen LogP contribution in [-0.2, 0) is 10.0 Å². The first-order valence-corrected chi connectivity index (χ1v) is 10.6. The molecule has 1 aromatic carbocycles. The number of nitrogen functional groups attached to an aromatic ring is 1. The largest absolute Gasteiger partial charge is 0.438 e. The lowest BCUT2D eigenvalue weighted by molar-refractivity contribution is 0.0978. The third-order valence-electron chi connectivity index (χ3n) is 4.12. The van der Waals surface area contributed by atoms with Gasteiger partial charge in [-0.2, -0.15) is 8.42 Å². The zero-order chi connectivity index (χ0) is 22.1. The van der Waals surface area contributed by atoms with E-state index in [0.29, 0.717) is 5.75 Å². The summed E-state index contributed by atoms with van der Waals surface area (Å²) in [5, 5.41) is -0.296. The molecule has 3 rings (SSSR count). The summed E-state index contributed by atoms with van der Waals surface area (Å²) in [6.45, 7) is 5.67. The maximum Gasteiger partial charge on any atom is 0.281 e. The molecule has 3 N–H and O–H groups in total. The van der Waals surface area contributed by atoms with E-state index in [0.717, 1.165) is 16.7 Å². The fourth-order valence-corrected chi connectivity index (χ4v) is 3.98. The van der Waals surface area contributed by atoms with E-state index in [1.165, 1.54) is 30.3 Å². The van der Waals surface area contributed by atoms with Gasteiger partial charge in [0.05, 0.1) is 0 Å². The Balaban J connectivity index is 1.96. The number of hydrogen-bond acceptors (Lipinski definition) is 7. The quantitative estimate of drug-likeness (QED) is 0.574. The van der Waals surface area contributed by atoms with Crippen molar-refractivity contribution in [1.82, 2.24) is 14.7 Å². The fourth-order valence-electron chi connectivity index (χ4n) is 2.90. The number of rotatable bonds is 5. The number of ether oxygens (including phenoxy) is 1. The number of benzene rings is 1. The Morgan fingerprint density at radius 1 is 1.07 bits per heavy atom. The molecule has 2 aromatic heterocycles. The number of anilines is 1. The van der Waals surface area contributed by atoms with Crippen LogP contribution >= 0.6 is 11.6 Å². The molecule has 10 heteroatoms. The number of amides is 1. The molecule has 0 radical (unpaired) electrons. The first-order valence-electron chi connectivity index (χ1n) is 8.79. The summed E-state index contributed by atoms with van der Waals surface area (Å²) in [7, 11) is -4.26. The van der Waals surface area contributed by atoms with Crippen molar-refractivity contribution >= 4 is 33.3 Å². The molecule has 3 aromatic rings. The van der Waals surface area contributed by atoms with Crippen molar-refractivity contribution in [1.29, 1.82) is 0 Å². The molecule has 1 amide bonds. The van der Waals surface area contributed by atoms with E-state index in [9.17, 15) is 13.2 Å². The highest BCUT2D eigenvalue weighted by Crippen LogP contribution is 2.31. The van der Waals surface area contributed by atoms with Crippen molar-refractivity contribution in [3.8, 4) is 11.6 Å². The van der Waals surface area contributed by atoms with Crippen LogP contribution < -0.4 is 15.2 Å². The van der Waals surface area contributed by atoms with Gasteiger partial charge in [0.25, 0.3) is 15.9 Å². The Bertz CT molecular complexity index is 1220. The SMILES string of the molecule is Cc1cc(C)c(Oc2nc(Cl)ccc2C(=O)NS(=O)(=O)c2cccc(N)n2)c(C)c1. The Kier molecular flexibility index (Phi) is 5.95. The zero-order valence-electron chi connectivity index (χ0n) is 16.4. The number of nitrogens with two attached hydrogens (primary N) is 1. The van der Waals surface area contributed by atoms with Gasteiger partial charge in [0.15, 0.2) is 5.03 Å². The highest BCUT2D eigenvalue weighted by Gasteiger charge is 2.24. The van der Waals surface area contributed by atoms with E-state index in [1.54, 1.807) is 0 Å². The first-order chi connectivity index (χ1) is 14.1. The van der Waals surface area contributed by atoms with Crippen LogP contribution in [0.1, 0.15) is 27.0 Å². The van der Waals surface area contributed by atoms with E-state index in [4.69, 9.17) is 22.1 Å². The smallest absolute Gasteiger partial charge is 0.281 e. The lowest BCUT2D eigenvalue weighted by atomic mass is 10.1. The predicted octanol–water partition coefficient (Wildman–Crippen LogP) is 3.55. The van der Waals surface area contributed by atoms with Crippen molar-refractivity contribution in [2.24, 2.45) is 0 Å². The molecule has 0 aliphatic heterocycles. The van der Waals surface area contributed by atoms with Crippen LogP contribution in [0, 0.1) is 20.8 Å². The van der Waals surface area contributed by atoms with Gasteiger partial charge in [0.2, 0.25) is 5.88 Å². The molecule has 156 valence electrons. The molecule has 0 unspecified atom stereocenters. The van der Waals surface area contributed by atoms with E-state index < -0.39 is 15.9 Å². The number of aromatic nitrogens is 2. The van der Waals surface area contributed by atoms with Crippen molar-refractivity contribution in [3.05, 3.63) is 69.9 Å². The molecule has 0 fully saturated rings. The third-order valence-corrected chi connectivity index (χ3v) is 5.56. The second-order valence-electron chi connectivity index (χ2n) is 6.65. The molecule has 0 saturated carbocycles. The van der Waals surface area contributed by atoms with Gasteiger partial charge in [0, 0.05) is 0 Å². The monoisotopic (exact) mass is 446 g/mol. The zero-order valence-corrected chi connectivity index (χ0v) is 18.0. The Labute approximate surface area is 179 Å². The van der Waals surface area contributed by atoms with Crippen molar-refractivity contribution in [2.75, 3.05) is 5.73 Å². The average Bonchev–Trinajstić information content (AvgIpc) is 2.64. The van der Waals surface area contributed by atoms with Crippen LogP contribution in [0.4, 0.5) is 5.82 Å². The molecular formula is C20H19ClN4O4S. The van der Waals surface area contributed by atoms with Crippen molar-refractivity contribution in [2.45, 2.75) is 25.8 Å². The molecule has 0 bridgehead atoms. The van der Waals surface area contributed by atoms with Gasteiger partial charge in [-0.3, -0.25) is 4.79 Å². The maximum absolute atomic E-state index is 12.8. The van der Waals surface area contributed by atoms with Gasteiger partial charge in [0.1, 0.15) is 22.3 Å². The number of hydrogen-bond donors (Lipinski definition) is 2. The normalized spacial score (nSPS) is 11.2. The summed E-state index contributed by atoms with van der Waals surface area (Å²) in [6, 6.07) is 10.6. The minimum Gasteiger partial charge on any atom is -0.438 e. The van der Waals surface area contributed by atoms with E-state index in [-0.39, 0.29) is 27.4 Å². The number of nitrogens with zero attached hydrogens (tertiary/aromatic N) is 2. The van der Waals surface area contributed by atoms with Gasteiger partial charge in [-0.25, -0.2) is 14.7 Å². The molecular weight excluding hydrogens is 428 g/mol. The molecule has 8 nitrogen and oxygen atoms in total. The van der Waals surface area contributed by atoms with Crippen LogP contribution in [0.3, 0.4) is 0 Å². The molecule has 0 spiro atoms. The fraction of sp³-hybridized carbons (Fsp3) is 0.150. The summed E-state index contributed by atoms with van der Waals surface area (Å²) in [4.78, 5) is 20.5. The Hall–Kier alpha value is -3.17. The summed E-state index contributed by atoms with van der Waals surface area (Å²) < 4.78 is 32.9. The van der Waals surface area contributed by atoms with Gasteiger partial charge in [-0.15, -0.1) is 0 Å². The molecule has 0 aliphatic carbocycles. The Morgan fingerprint density at radius 3 is 2.37 bits per heavy atom. The van der Waals surface area contributed by atoms with Crippen LogP contribution in [0.5, 0.6) is 11.6 Å². The number of sulfonamides is 1. The summed E-state index contributed by atoms with van der Waals surface area (Å²) in [5.74, 6) is -0.552. The topological polar surface area (TPSA) is 124 Å². The number of pyridine rings is 2. The number of nitrogens with one attached hydrogen (secondary N) is 1. The van der Waals surface area contributed by atoms with Gasteiger partial charge >= 0.3 is 0 Å². The molecule has 0 atom stereocenters. The van der Waals surface area contributed by atoms with Gasteiger partial charge in [-0.05, 0) is 56.2 Å². The van der Waals surface area contributed by atoms with Gasteiger partial charge in [-0.1, -0.05) is 35.4 Å². The Morgan fingerprint density at radius 2 is 1.73 bits per heavy atom. The van der Waals surface area contributed by atoms with Crippen LogP contribution in [-0.4, -0.2) is 24.3 Å². The van der Waals surface area contributed by atoms with E-state index in [2.05, 4.69) is 9.97 Å². The van der Waals surface area contributed by atoms with Crippen molar-refractivity contribution in [3.63, 3.8) is 0 Å². The summed E-state index contributed by atoms with van der Waals surface area (Å²) in [5.41, 5.74) is 8.14. The minimum atomic E-state index is -4.26. The number of halogens is 1. The van der Waals surface area contributed by atoms with E-state index >= 15 is 0 Å². The van der Waals surface area contributed by atoms with Crippen molar-refractivity contribution < 1.29 is 17.9 Å². The lowest BCUT2D eigenvalue weighted by Gasteiger charge is -2.15. The van der Waals surface area contributed by atoms with Crippen LogP contribution in [0.15, 0.2) is 47.5 Å². The lowest BCUT2D eigenvalue weighted by Crippen LogP contribution is -2.31. The predicted molar refractivity (Wildman–Crippen MR) is 113 cm³/mol. The molecule has 30 heavy (non-hydrogen) atoms. The highest BCUT2D eigenvalue weighted by atomic mass is 35.5. The first kappa shape index (κ1) is 21.5. The standard InChI is InChI=1S/C20H19ClN4O4S/c1-11-9-12(2)18(13(3)10-11)29-20-14(7-8-15(21)23-20)19(26)25-30(27,28)17-6-4-5-16(22)24-17/h4-10H,1-3H3,(H2,22,24)(H,25,26). The molecule has 2 heterocycles. The number of carbonyl (C=O) groups excluding carboxylic acids is 1. The molecule has 0 aliphatic rings. The minimum absolute atomic E-state index is 0.00725.